The monoisotopic (exact) mass is 337 g/mol. The van der Waals surface area contributed by atoms with E-state index in [9.17, 15) is 4.79 Å². The number of hydrogen-bond acceptors (Lipinski definition) is 4. The van der Waals surface area contributed by atoms with E-state index < -0.39 is 0 Å². The molecule has 0 aliphatic carbocycles. The fourth-order valence-electron chi connectivity index (χ4n) is 3.00. The highest BCUT2D eigenvalue weighted by molar-refractivity contribution is 5.94. The van der Waals surface area contributed by atoms with Crippen LogP contribution in [0.25, 0.3) is 11.0 Å². The van der Waals surface area contributed by atoms with Gasteiger partial charge >= 0.3 is 0 Å². The van der Waals surface area contributed by atoms with Crippen LogP contribution in [0.3, 0.4) is 0 Å². The first-order valence-electron chi connectivity index (χ1n) is 8.58. The van der Waals surface area contributed by atoms with E-state index in [0.29, 0.717) is 17.3 Å². The highest BCUT2D eigenvalue weighted by atomic mass is 16.5. The molecule has 0 aliphatic heterocycles. The molecule has 0 radical (unpaired) electrons. The van der Waals surface area contributed by atoms with Gasteiger partial charge in [-0.2, -0.15) is 0 Å². The highest BCUT2D eigenvalue weighted by Crippen LogP contribution is 2.21. The van der Waals surface area contributed by atoms with Crippen molar-refractivity contribution in [3.05, 3.63) is 54.2 Å². The van der Waals surface area contributed by atoms with Crippen LogP contribution < -0.4 is 10.2 Å². The summed E-state index contributed by atoms with van der Waals surface area (Å²) >= 11 is 0. The zero-order valence-corrected chi connectivity index (χ0v) is 14.8. The Kier molecular flexibility index (Phi) is 5.03. The number of para-hydroxylation sites is 1. The third-order valence-corrected chi connectivity index (χ3v) is 4.23. The highest BCUT2D eigenvalue weighted by Gasteiger charge is 2.13. The van der Waals surface area contributed by atoms with Crippen molar-refractivity contribution in [2.45, 2.75) is 33.2 Å². The average molecular weight is 337 g/mol. The van der Waals surface area contributed by atoms with Gasteiger partial charge in [-0.25, -0.2) is 0 Å². The Bertz CT molecular complexity index is 853. The molecule has 1 aromatic heterocycles. The van der Waals surface area contributed by atoms with Gasteiger partial charge < -0.3 is 14.7 Å². The molecule has 0 aliphatic rings. The quantitative estimate of drug-likeness (QED) is 0.731. The van der Waals surface area contributed by atoms with E-state index in [-0.39, 0.29) is 12.3 Å². The van der Waals surface area contributed by atoms with Crippen molar-refractivity contribution in [3.63, 3.8) is 0 Å². The minimum Gasteiger partial charge on any atom is -0.369 e. The standard InChI is InChI=1S/C20H23N3O2/c1-4-23(14(2)3)16-11-9-15(10-12-16)21-20(24)13-18-17-7-5-6-8-19(17)25-22-18/h5-12,14H,4,13H2,1-3H3,(H,21,24). The van der Waals surface area contributed by atoms with Gasteiger partial charge in [-0.05, 0) is 57.2 Å². The third-order valence-electron chi connectivity index (χ3n) is 4.23. The summed E-state index contributed by atoms with van der Waals surface area (Å²) in [6, 6.07) is 15.9. The van der Waals surface area contributed by atoms with Crippen molar-refractivity contribution in [2.75, 3.05) is 16.8 Å². The van der Waals surface area contributed by atoms with Crippen molar-refractivity contribution < 1.29 is 9.32 Å². The lowest BCUT2D eigenvalue weighted by atomic mass is 10.1. The lowest BCUT2D eigenvalue weighted by Crippen LogP contribution is -2.30. The molecule has 130 valence electrons. The molecule has 5 nitrogen and oxygen atoms in total. The van der Waals surface area contributed by atoms with Crippen LogP contribution in [0.4, 0.5) is 11.4 Å². The molecule has 0 saturated carbocycles. The van der Waals surface area contributed by atoms with E-state index in [4.69, 9.17) is 4.52 Å². The second kappa shape index (κ2) is 7.38. The SMILES string of the molecule is CCN(c1ccc(NC(=O)Cc2noc3ccccc23)cc1)C(C)C. The maximum Gasteiger partial charge on any atom is 0.230 e. The molecule has 0 bridgehead atoms. The summed E-state index contributed by atoms with van der Waals surface area (Å²) in [5.74, 6) is -0.108. The predicted molar refractivity (Wildman–Crippen MR) is 101 cm³/mol. The lowest BCUT2D eigenvalue weighted by Gasteiger charge is -2.27. The first-order chi connectivity index (χ1) is 12.1. The number of carbonyl (C=O) groups excluding carboxylic acids is 1. The number of benzene rings is 2. The van der Waals surface area contributed by atoms with Crippen LogP contribution >= 0.6 is 0 Å². The fraction of sp³-hybridized carbons (Fsp3) is 0.300. The molecule has 1 heterocycles. The number of carbonyl (C=O) groups is 1. The normalized spacial score (nSPS) is 11.0. The number of aromatic nitrogens is 1. The minimum atomic E-state index is -0.108. The van der Waals surface area contributed by atoms with E-state index in [1.54, 1.807) is 0 Å². The van der Waals surface area contributed by atoms with E-state index in [1.807, 2.05) is 48.5 Å². The first kappa shape index (κ1) is 17.0. The van der Waals surface area contributed by atoms with Crippen LogP contribution in [0.1, 0.15) is 26.5 Å². The van der Waals surface area contributed by atoms with Crippen LogP contribution in [-0.4, -0.2) is 23.7 Å². The summed E-state index contributed by atoms with van der Waals surface area (Å²) in [5, 5.41) is 7.80. The van der Waals surface area contributed by atoms with Crippen molar-refractivity contribution in [3.8, 4) is 0 Å². The van der Waals surface area contributed by atoms with Gasteiger partial charge in [-0.15, -0.1) is 0 Å². The van der Waals surface area contributed by atoms with Crippen LogP contribution in [0, 0.1) is 0 Å². The van der Waals surface area contributed by atoms with E-state index >= 15 is 0 Å². The van der Waals surface area contributed by atoms with Crippen LogP contribution in [0.2, 0.25) is 0 Å². The van der Waals surface area contributed by atoms with E-state index in [0.717, 1.165) is 23.3 Å². The Labute approximate surface area is 147 Å². The largest absolute Gasteiger partial charge is 0.369 e. The third kappa shape index (κ3) is 3.82. The van der Waals surface area contributed by atoms with Gasteiger partial charge in [-0.3, -0.25) is 4.79 Å². The Hall–Kier alpha value is -2.82. The van der Waals surface area contributed by atoms with Gasteiger partial charge in [0.2, 0.25) is 5.91 Å². The number of rotatable bonds is 6. The predicted octanol–water partition coefficient (Wildman–Crippen LogP) is 4.24. The smallest absolute Gasteiger partial charge is 0.230 e. The number of hydrogen-bond donors (Lipinski definition) is 1. The second-order valence-electron chi connectivity index (χ2n) is 6.28. The van der Waals surface area contributed by atoms with Gasteiger partial charge in [-0.1, -0.05) is 17.3 Å². The number of fused-ring (bicyclic) bond motifs is 1. The van der Waals surface area contributed by atoms with Crippen molar-refractivity contribution in [1.29, 1.82) is 0 Å². The summed E-state index contributed by atoms with van der Waals surface area (Å²) in [7, 11) is 0. The molecule has 0 fully saturated rings. The molecule has 3 rings (SSSR count). The summed E-state index contributed by atoms with van der Waals surface area (Å²) < 4.78 is 5.24. The molecule has 5 heteroatoms. The Morgan fingerprint density at radius 3 is 2.56 bits per heavy atom. The van der Waals surface area contributed by atoms with Crippen LogP contribution in [0.5, 0.6) is 0 Å². The number of anilines is 2. The molecule has 3 aromatic rings. The first-order valence-corrected chi connectivity index (χ1v) is 8.58. The summed E-state index contributed by atoms with van der Waals surface area (Å²) in [5.41, 5.74) is 3.28. The number of nitrogens with one attached hydrogen (secondary N) is 1. The molecule has 2 aromatic carbocycles. The number of nitrogens with zero attached hydrogens (tertiary/aromatic N) is 2. The van der Waals surface area contributed by atoms with Gasteiger partial charge in [0.25, 0.3) is 0 Å². The average Bonchev–Trinajstić information content (AvgIpc) is 3.00. The summed E-state index contributed by atoms with van der Waals surface area (Å²) in [6.45, 7) is 7.42. The molecule has 0 atom stereocenters. The fourth-order valence-corrected chi connectivity index (χ4v) is 3.00. The molecule has 0 spiro atoms. The summed E-state index contributed by atoms with van der Waals surface area (Å²) in [6.07, 6.45) is 0.186. The molecule has 25 heavy (non-hydrogen) atoms. The topological polar surface area (TPSA) is 58.4 Å². The van der Waals surface area contributed by atoms with Crippen LogP contribution in [0.15, 0.2) is 53.1 Å². The molecular weight excluding hydrogens is 314 g/mol. The van der Waals surface area contributed by atoms with Gasteiger partial charge in [0.15, 0.2) is 5.58 Å². The Morgan fingerprint density at radius 1 is 1.16 bits per heavy atom. The van der Waals surface area contributed by atoms with E-state index in [2.05, 4.69) is 36.1 Å². The molecule has 1 amide bonds. The number of amides is 1. The zero-order chi connectivity index (χ0) is 17.8. The zero-order valence-electron chi connectivity index (χ0n) is 14.8. The minimum absolute atomic E-state index is 0.108. The van der Waals surface area contributed by atoms with Gasteiger partial charge in [0.1, 0.15) is 5.69 Å². The van der Waals surface area contributed by atoms with Crippen molar-refractivity contribution in [2.24, 2.45) is 0 Å². The van der Waals surface area contributed by atoms with Crippen molar-refractivity contribution >= 4 is 28.3 Å². The molecular formula is C20H23N3O2. The van der Waals surface area contributed by atoms with Crippen LogP contribution in [-0.2, 0) is 11.2 Å². The summed E-state index contributed by atoms with van der Waals surface area (Å²) in [4.78, 5) is 14.6. The molecule has 0 saturated heterocycles. The maximum atomic E-state index is 12.3. The maximum absolute atomic E-state index is 12.3. The lowest BCUT2D eigenvalue weighted by molar-refractivity contribution is -0.115. The van der Waals surface area contributed by atoms with E-state index in [1.165, 1.54) is 0 Å². The Morgan fingerprint density at radius 2 is 1.88 bits per heavy atom. The van der Waals surface area contributed by atoms with Gasteiger partial charge in [0.05, 0.1) is 6.42 Å². The second-order valence-corrected chi connectivity index (χ2v) is 6.28. The molecule has 1 N–H and O–H groups in total. The molecule has 0 unspecified atom stereocenters. The Balaban J connectivity index is 1.67. The van der Waals surface area contributed by atoms with Crippen molar-refractivity contribution in [1.82, 2.24) is 5.16 Å². The van der Waals surface area contributed by atoms with Gasteiger partial charge in [0, 0.05) is 29.3 Å².